The van der Waals surface area contributed by atoms with Gasteiger partial charge in [0.1, 0.15) is 9.96 Å². The Hall–Kier alpha value is -2.43. The lowest BCUT2D eigenvalue weighted by molar-refractivity contribution is 0.0953. The van der Waals surface area contributed by atoms with Crippen molar-refractivity contribution in [3.8, 4) is 11.6 Å². The van der Waals surface area contributed by atoms with Crippen LogP contribution >= 0.6 is 27.3 Å². The van der Waals surface area contributed by atoms with Gasteiger partial charge in [0, 0.05) is 18.2 Å². The lowest BCUT2D eigenvalue weighted by Crippen LogP contribution is -2.23. The number of nitrogens with one attached hydrogen (secondary N) is 2. The van der Waals surface area contributed by atoms with Crippen molar-refractivity contribution in [2.75, 3.05) is 11.3 Å². The van der Waals surface area contributed by atoms with E-state index in [1.807, 2.05) is 6.92 Å². The summed E-state index contributed by atoms with van der Waals surface area (Å²) >= 11 is 4.37. The summed E-state index contributed by atoms with van der Waals surface area (Å²) in [5.41, 5.74) is 0.869. The highest BCUT2D eigenvalue weighted by molar-refractivity contribution is 9.11. The third kappa shape index (κ3) is 5.78. The summed E-state index contributed by atoms with van der Waals surface area (Å²) in [6, 6.07) is 13.0. The summed E-state index contributed by atoms with van der Waals surface area (Å²) in [7, 11) is -3.66. The van der Waals surface area contributed by atoms with Gasteiger partial charge in [-0.1, -0.05) is 6.92 Å². The highest BCUT2D eigenvalue weighted by atomic mass is 79.9. The number of hydrogen-bond donors (Lipinski definition) is 2. The van der Waals surface area contributed by atoms with Gasteiger partial charge in [0.2, 0.25) is 5.88 Å². The molecule has 152 valence electrons. The van der Waals surface area contributed by atoms with Gasteiger partial charge in [-0.05, 0) is 64.8 Å². The fourth-order valence-electron chi connectivity index (χ4n) is 2.28. The lowest BCUT2D eigenvalue weighted by atomic mass is 10.2. The molecule has 0 radical (unpaired) electrons. The number of amides is 1. The van der Waals surface area contributed by atoms with Crippen LogP contribution in [0.4, 0.5) is 5.69 Å². The first-order chi connectivity index (χ1) is 13.9. The molecule has 2 N–H and O–H groups in total. The smallest absolute Gasteiger partial charge is 0.271 e. The van der Waals surface area contributed by atoms with E-state index >= 15 is 0 Å². The summed E-state index contributed by atoms with van der Waals surface area (Å²) in [6.45, 7) is 2.61. The minimum Gasteiger partial charge on any atom is -0.439 e. The average molecular weight is 496 g/mol. The van der Waals surface area contributed by atoms with Gasteiger partial charge in [0.15, 0.2) is 0 Å². The second-order valence-electron chi connectivity index (χ2n) is 5.93. The van der Waals surface area contributed by atoms with Crippen molar-refractivity contribution in [2.45, 2.75) is 17.6 Å². The van der Waals surface area contributed by atoms with Crippen molar-refractivity contribution in [1.82, 2.24) is 10.3 Å². The molecule has 10 heteroatoms. The van der Waals surface area contributed by atoms with E-state index in [1.54, 1.807) is 42.5 Å². The summed E-state index contributed by atoms with van der Waals surface area (Å²) in [6.07, 6.45) is 2.25. The van der Waals surface area contributed by atoms with Crippen LogP contribution in [0.25, 0.3) is 0 Å². The van der Waals surface area contributed by atoms with Gasteiger partial charge in [0.25, 0.3) is 15.9 Å². The zero-order valence-electron chi connectivity index (χ0n) is 15.4. The van der Waals surface area contributed by atoms with E-state index < -0.39 is 10.0 Å². The number of carbonyl (C=O) groups is 1. The summed E-state index contributed by atoms with van der Waals surface area (Å²) in [5.74, 6) is 0.683. The second kappa shape index (κ2) is 9.38. The maximum absolute atomic E-state index is 12.3. The topological polar surface area (TPSA) is 97.4 Å². The number of pyridine rings is 1. The molecule has 0 spiro atoms. The molecule has 3 aromatic rings. The molecule has 0 aliphatic heterocycles. The number of ether oxygens (including phenoxy) is 1. The Morgan fingerprint density at radius 1 is 1.14 bits per heavy atom. The van der Waals surface area contributed by atoms with Gasteiger partial charge >= 0.3 is 0 Å². The Labute approximate surface area is 181 Å². The normalized spacial score (nSPS) is 11.1. The predicted octanol–water partition coefficient (Wildman–Crippen LogP) is 4.64. The Bertz CT molecular complexity index is 1080. The predicted molar refractivity (Wildman–Crippen MR) is 116 cm³/mol. The number of rotatable bonds is 8. The SMILES string of the molecule is CCCNC(=O)c1ccc(Oc2ccc(NS(=O)(=O)c3ccc(Br)s3)cn2)cc1. The average Bonchev–Trinajstić information content (AvgIpc) is 3.15. The van der Waals surface area contributed by atoms with E-state index in [0.29, 0.717) is 29.4 Å². The third-order valence-electron chi connectivity index (χ3n) is 3.68. The number of nitrogens with zero attached hydrogens (tertiary/aromatic N) is 1. The van der Waals surface area contributed by atoms with E-state index in [0.717, 1.165) is 21.5 Å². The van der Waals surface area contributed by atoms with Gasteiger partial charge < -0.3 is 10.1 Å². The minimum absolute atomic E-state index is 0.133. The standard InChI is InChI=1S/C19H18BrN3O4S2/c1-2-11-21-19(24)13-3-6-15(7-4-13)27-17-9-5-14(12-22-17)23-29(25,26)18-10-8-16(20)28-18/h3-10,12,23H,2,11H2,1H3,(H,21,24). The Kier molecular flexibility index (Phi) is 6.88. The Morgan fingerprint density at radius 3 is 2.48 bits per heavy atom. The fourth-order valence-corrected chi connectivity index (χ4v) is 5.34. The molecule has 0 saturated carbocycles. The minimum atomic E-state index is -3.66. The fraction of sp³-hybridized carbons (Fsp3) is 0.158. The molecule has 0 aliphatic rings. The maximum Gasteiger partial charge on any atom is 0.271 e. The van der Waals surface area contributed by atoms with E-state index in [1.165, 1.54) is 12.3 Å². The highest BCUT2D eigenvalue weighted by Crippen LogP contribution is 2.28. The molecule has 1 aromatic carbocycles. The van der Waals surface area contributed by atoms with Crippen molar-refractivity contribution in [3.63, 3.8) is 0 Å². The molecule has 2 heterocycles. The van der Waals surface area contributed by atoms with Crippen molar-refractivity contribution in [1.29, 1.82) is 0 Å². The van der Waals surface area contributed by atoms with Crippen molar-refractivity contribution >= 4 is 48.9 Å². The molecule has 29 heavy (non-hydrogen) atoms. The van der Waals surface area contributed by atoms with Gasteiger partial charge in [-0.25, -0.2) is 13.4 Å². The molecular formula is C19H18BrN3O4S2. The van der Waals surface area contributed by atoms with Gasteiger partial charge in [-0.15, -0.1) is 11.3 Å². The van der Waals surface area contributed by atoms with Crippen LogP contribution in [0.1, 0.15) is 23.7 Å². The van der Waals surface area contributed by atoms with Crippen LogP contribution in [0, 0.1) is 0 Å². The molecule has 1 amide bonds. The zero-order chi connectivity index (χ0) is 20.9. The molecule has 0 bridgehead atoms. The molecule has 2 aromatic heterocycles. The van der Waals surface area contributed by atoms with Gasteiger partial charge in [-0.3, -0.25) is 9.52 Å². The molecule has 0 atom stereocenters. The molecule has 0 aliphatic carbocycles. The number of hydrogen-bond acceptors (Lipinski definition) is 6. The first kappa shape index (κ1) is 21.3. The summed E-state index contributed by atoms with van der Waals surface area (Å²) < 4.78 is 33.7. The first-order valence-electron chi connectivity index (χ1n) is 8.68. The van der Waals surface area contributed by atoms with Crippen molar-refractivity contribution < 1.29 is 17.9 Å². The summed E-state index contributed by atoms with van der Waals surface area (Å²) in [4.78, 5) is 16.0. The number of anilines is 1. The van der Waals surface area contributed by atoms with Crippen LogP contribution in [0.2, 0.25) is 0 Å². The molecule has 3 rings (SSSR count). The number of sulfonamides is 1. The van der Waals surface area contributed by atoms with Crippen LogP contribution in [0.15, 0.2) is 62.7 Å². The number of carbonyl (C=O) groups excluding carboxylic acids is 1. The third-order valence-corrected chi connectivity index (χ3v) is 7.17. The van der Waals surface area contributed by atoms with Crippen LogP contribution in [0.5, 0.6) is 11.6 Å². The molecular weight excluding hydrogens is 478 g/mol. The maximum atomic E-state index is 12.3. The van der Waals surface area contributed by atoms with Gasteiger partial charge in [0.05, 0.1) is 15.7 Å². The van der Waals surface area contributed by atoms with E-state index in [2.05, 4.69) is 31.0 Å². The van der Waals surface area contributed by atoms with E-state index in [4.69, 9.17) is 4.74 Å². The number of thiophene rings is 1. The lowest BCUT2D eigenvalue weighted by Gasteiger charge is -2.08. The van der Waals surface area contributed by atoms with Crippen LogP contribution in [-0.2, 0) is 10.0 Å². The molecule has 0 saturated heterocycles. The molecule has 0 fully saturated rings. The Balaban J connectivity index is 1.62. The van der Waals surface area contributed by atoms with Crippen molar-refractivity contribution in [3.05, 3.63) is 64.1 Å². The first-order valence-corrected chi connectivity index (χ1v) is 11.8. The molecule has 7 nitrogen and oxygen atoms in total. The van der Waals surface area contributed by atoms with Crippen molar-refractivity contribution in [2.24, 2.45) is 0 Å². The van der Waals surface area contributed by atoms with Crippen LogP contribution in [-0.4, -0.2) is 25.9 Å². The number of benzene rings is 1. The molecule has 0 unspecified atom stereocenters. The summed E-state index contributed by atoms with van der Waals surface area (Å²) in [5, 5.41) is 2.81. The van der Waals surface area contributed by atoms with E-state index in [-0.39, 0.29) is 10.1 Å². The second-order valence-corrected chi connectivity index (χ2v) is 10.3. The largest absolute Gasteiger partial charge is 0.439 e. The quantitative estimate of drug-likeness (QED) is 0.474. The highest BCUT2D eigenvalue weighted by Gasteiger charge is 2.17. The number of halogens is 1. The van der Waals surface area contributed by atoms with Crippen LogP contribution < -0.4 is 14.8 Å². The zero-order valence-corrected chi connectivity index (χ0v) is 18.6. The van der Waals surface area contributed by atoms with Gasteiger partial charge in [-0.2, -0.15) is 0 Å². The van der Waals surface area contributed by atoms with E-state index in [9.17, 15) is 13.2 Å². The monoisotopic (exact) mass is 495 g/mol. The Morgan fingerprint density at radius 2 is 1.90 bits per heavy atom. The number of aromatic nitrogens is 1. The van der Waals surface area contributed by atoms with Crippen LogP contribution in [0.3, 0.4) is 0 Å².